The Bertz CT molecular complexity index is 471. The summed E-state index contributed by atoms with van der Waals surface area (Å²) in [7, 11) is 1.76. The van der Waals surface area contributed by atoms with E-state index in [4.69, 9.17) is 0 Å². The molecule has 1 aromatic heterocycles. The van der Waals surface area contributed by atoms with Gasteiger partial charge in [-0.15, -0.1) is 0 Å². The maximum atomic E-state index is 12.3. The smallest absolute Gasteiger partial charge is 0.270 e. The van der Waals surface area contributed by atoms with Gasteiger partial charge >= 0.3 is 0 Å². The quantitative estimate of drug-likeness (QED) is 0.791. The molecule has 0 radical (unpaired) electrons. The molecule has 0 unspecified atom stereocenters. The molecular weight excluding hydrogens is 232 g/mol. The number of ketones is 1. The van der Waals surface area contributed by atoms with Crippen LogP contribution in [0.2, 0.25) is 0 Å². The number of nitrogens with zero attached hydrogens (tertiary/aromatic N) is 2. The summed E-state index contributed by atoms with van der Waals surface area (Å²) in [5, 5.41) is 9.42. The van der Waals surface area contributed by atoms with E-state index in [1.165, 1.54) is 6.92 Å². The Labute approximate surface area is 106 Å². The molecule has 1 amide bonds. The molecule has 0 saturated carbocycles. The number of likely N-dealkylation sites (tertiary alicyclic amines) is 1. The average molecular weight is 250 g/mol. The van der Waals surface area contributed by atoms with Crippen LogP contribution in [0.1, 0.15) is 40.6 Å². The predicted molar refractivity (Wildman–Crippen MR) is 66.6 cm³/mol. The topological polar surface area (TPSA) is 62.5 Å². The molecule has 1 aromatic rings. The molecule has 1 aliphatic rings. The van der Waals surface area contributed by atoms with Gasteiger partial charge in [0.05, 0.1) is 6.10 Å². The van der Waals surface area contributed by atoms with Crippen molar-refractivity contribution in [2.24, 2.45) is 7.05 Å². The number of Topliss-reactive ketones (excluding diaryl/α,β-unsaturated/α-hetero) is 1. The fraction of sp³-hybridized carbons (Fsp3) is 0.538. The highest BCUT2D eigenvalue weighted by molar-refractivity contribution is 5.99. The molecule has 18 heavy (non-hydrogen) atoms. The maximum absolute atomic E-state index is 12.3. The van der Waals surface area contributed by atoms with Crippen molar-refractivity contribution in [2.75, 3.05) is 13.1 Å². The second-order valence-corrected chi connectivity index (χ2v) is 4.80. The van der Waals surface area contributed by atoms with Crippen molar-refractivity contribution in [3.63, 3.8) is 0 Å². The summed E-state index contributed by atoms with van der Waals surface area (Å²) in [6.45, 7) is 2.63. The van der Waals surface area contributed by atoms with Crippen LogP contribution in [0, 0.1) is 0 Å². The summed E-state index contributed by atoms with van der Waals surface area (Å²) in [5.41, 5.74) is 1.08. The van der Waals surface area contributed by atoms with E-state index in [9.17, 15) is 14.7 Å². The van der Waals surface area contributed by atoms with E-state index in [0.717, 1.165) is 0 Å². The van der Waals surface area contributed by atoms with E-state index in [2.05, 4.69) is 0 Å². The van der Waals surface area contributed by atoms with Crippen molar-refractivity contribution in [1.29, 1.82) is 0 Å². The highest BCUT2D eigenvalue weighted by Crippen LogP contribution is 2.15. The molecule has 0 aliphatic carbocycles. The summed E-state index contributed by atoms with van der Waals surface area (Å²) in [6.07, 6.45) is 2.62. The van der Waals surface area contributed by atoms with E-state index < -0.39 is 0 Å². The number of carbonyl (C=O) groups is 2. The number of rotatable bonds is 2. The Balaban J connectivity index is 2.16. The lowest BCUT2D eigenvalue weighted by molar-refractivity contribution is 0.0538. The van der Waals surface area contributed by atoms with Crippen LogP contribution in [0.3, 0.4) is 0 Å². The first-order chi connectivity index (χ1) is 8.49. The number of hydrogen-bond donors (Lipinski definition) is 1. The van der Waals surface area contributed by atoms with Crippen LogP contribution in [0.25, 0.3) is 0 Å². The van der Waals surface area contributed by atoms with Crippen molar-refractivity contribution < 1.29 is 14.7 Å². The van der Waals surface area contributed by atoms with Crippen molar-refractivity contribution in [3.05, 3.63) is 23.5 Å². The number of amides is 1. The molecule has 0 bridgehead atoms. The Kier molecular flexibility index (Phi) is 3.52. The molecule has 98 valence electrons. The zero-order chi connectivity index (χ0) is 13.3. The van der Waals surface area contributed by atoms with Crippen LogP contribution in [-0.2, 0) is 7.05 Å². The minimum Gasteiger partial charge on any atom is -0.393 e. The molecule has 1 saturated heterocycles. The molecule has 5 nitrogen and oxygen atoms in total. The van der Waals surface area contributed by atoms with Gasteiger partial charge in [-0.05, 0) is 25.8 Å². The minimum atomic E-state index is -0.296. The number of aryl methyl sites for hydroxylation is 1. The van der Waals surface area contributed by atoms with E-state index >= 15 is 0 Å². The molecule has 0 aromatic carbocycles. The number of aliphatic hydroxyl groups is 1. The highest BCUT2D eigenvalue weighted by atomic mass is 16.3. The van der Waals surface area contributed by atoms with Gasteiger partial charge in [0, 0.05) is 31.9 Å². The average Bonchev–Trinajstić information content (AvgIpc) is 2.71. The summed E-state index contributed by atoms with van der Waals surface area (Å²) >= 11 is 0. The van der Waals surface area contributed by atoms with Crippen molar-refractivity contribution in [2.45, 2.75) is 25.9 Å². The maximum Gasteiger partial charge on any atom is 0.270 e. The number of hydrogen-bond acceptors (Lipinski definition) is 3. The Morgan fingerprint density at radius 2 is 1.94 bits per heavy atom. The largest absolute Gasteiger partial charge is 0.393 e. The van der Waals surface area contributed by atoms with E-state index in [1.807, 2.05) is 0 Å². The fourth-order valence-electron chi connectivity index (χ4n) is 2.20. The van der Waals surface area contributed by atoms with Gasteiger partial charge in [-0.1, -0.05) is 0 Å². The Morgan fingerprint density at radius 3 is 2.44 bits per heavy atom. The third kappa shape index (κ3) is 2.46. The molecule has 1 aliphatic heterocycles. The molecule has 0 atom stereocenters. The van der Waals surface area contributed by atoms with Gasteiger partial charge in [-0.2, -0.15) is 0 Å². The summed E-state index contributed by atoms with van der Waals surface area (Å²) < 4.78 is 1.68. The molecule has 1 N–H and O–H groups in total. The molecule has 1 fully saturated rings. The first kappa shape index (κ1) is 12.8. The van der Waals surface area contributed by atoms with Crippen molar-refractivity contribution in [3.8, 4) is 0 Å². The Morgan fingerprint density at radius 1 is 1.33 bits per heavy atom. The minimum absolute atomic E-state index is 0.0429. The van der Waals surface area contributed by atoms with Gasteiger partial charge in [-0.3, -0.25) is 9.59 Å². The van der Waals surface area contributed by atoms with Gasteiger partial charge in [0.1, 0.15) is 5.69 Å². The van der Waals surface area contributed by atoms with Crippen LogP contribution in [0.5, 0.6) is 0 Å². The van der Waals surface area contributed by atoms with Gasteiger partial charge in [0.25, 0.3) is 5.91 Å². The normalized spacial score (nSPS) is 16.9. The lowest BCUT2D eigenvalue weighted by Gasteiger charge is -2.29. The monoisotopic (exact) mass is 250 g/mol. The third-order valence-electron chi connectivity index (χ3n) is 3.38. The third-order valence-corrected chi connectivity index (χ3v) is 3.38. The molecule has 0 spiro atoms. The second kappa shape index (κ2) is 4.94. The lowest BCUT2D eigenvalue weighted by atomic mass is 10.1. The predicted octanol–water partition coefficient (Wildman–Crippen LogP) is 0.825. The van der Waals surface area contributed by atoms with Crippen molar-refractivity contribution >= 4 is 11.7 Å². The zero-order valence-corrected chi connectivity index (χ0v) is 10.7. The van der Waals surface area contributed by atoms with Gasteiger partial charge in [0.15, 0.2) is 5.78 Å². The second-order valence-electron chi connectivity index (χ2n) is 4.80. The molecule has 5 heteroatoms. The first-order valence-corrected chi connectivity index (χ1v) is 6.13. The van der Waals surface area contributed by atoms with Gasteiger partial charge in [-0.25, -0.2) is 0 Å². The Hall–Kier alpha value is -1.62. The van der Waals surface area contributed by atoms with Crippen LogP contribution in [0.4, 0.5) is 0 Å². The summed E-state index contributed by atoms with van der Waals surface area (Å²) in [6, 6.07) is 1.63. The van der Waals surface area contributed by atoms with Crippen LogP contribution in [0.15, 0.2) is 12.3 Å². The number of piperidine rings is 1. The fourth-order valence-corrected chi connectivity index (χ4v) is 2.20. The van der Waals surface area contributed by atoms with Gasteiger partial charge < -0.3 is 14.6 Å². The van der Waals surface area contributed by atoms with E-state index in [1.54, 1.807) is 28.8 Å². The van der Waals surface area contributed by atoms with Gasteiger partial charge in [0.2, 0.25) is 0 Å². The molecular formula is C13H18N2O3. The molecule has 2 rings (SSSR count). The van der Waals surface area contributed by atoms with E-state index in [0.29, 0.717) is 37.2 Å². The lowest BCUT2D eigenvalue weighted by Crippen LogP contribution is -2.40. The first-order valence-electron chi connectivity index (χ1n) is 6.13. The van der Waals surface area contributed by atoms with Crippen LogP contribution >= 0.6 is 0 Å². The highest BCUT2D eigenvalue weighted by Gasteiger charge is 2.24. The summed E-state index contributed by atoms with van der Waals surface area (Å²) in [4.78, 5) is 25.3. The number of aromatic nitrogens is 1. The summed E-state index contributed by atoms with van der Waals surface area (Å²) in [5.74, 6) is -0.115. The SMILES string of the molecule is CC(=O)c1cc(C(=O)N2CCC(O)CC2)n(C)c1. The zero-order valence-electron chi connectivity index (χ0n) is 10.7. The van der Waals surface area contributed by atoms with E-state index in [-0.39, 0.29) is 17.8 Å². The van der Waals surface area contributed by atoms with Crippen molar-refractivity contribution in [1.82, 2.24) is 9.47 Å². The molecule has 2 heterocycles. The number of carbonyl (C=O) groups excluding carboxylic acids is 2. The van der Waals surface area contributed by atoms with Crippen LogP contribution in [-0.4, -0.2) is 45.5 Å². The number of aliphatic hydroxyl groups excluding tert-OH is 1. The van der Waals surface area contributed by atoms with Crippen LogP contribution < -0.4 is 0 Å². The standard InChI is InChI=1S/C13H18N2O3/c1-9(16)10-7-12(14(2)8-10)13(18)15-5-3-11(17)4-6-15/h7-8,11,17H,3-6H2,1-2H3.